The first-order valence-electron chi connectivity index (χ1n) is 4.31. The van der Waals surface area contributed by atoms with Gasteiger partial charge in [0.2, 0.25) is 0 Å². The average molecular weight is 208 g/mol. The van der Waals surface area contributed by atoms with E-state index in [0.717, 1.165) is 0 Å². The molecule has 78 valence electrons. The van der Waals surface area contributed by atoms with E-state index in [1.54, 1.807) is 20.8 Å². The highest BCUT2D eigenvalue weighted by Crippen LogP contribution is 2.06. The smallest absolute Gasteiger partial charge is 0.321 e. The average Bonchev–Trinajstić information content (AvgIpc) is 2.02. The molecule has 0 saturated heterocycles. The summed E-state index contributed by atoms with van der Waals surface area (Å²) in [6, 6.07) is 0. The number of sulfone groups is 1. The summed E-state index contributed by atoms with van der Waals surface area (Å²) in [4.78, 5) is 10.9. The van der Waals surface area contributed by atoms with Gasteiger partial charge in [-0.1, -0.05) is 6.92 Å². The lowest BCUT2D eigenvalue weighted by molar-refractivity contribution is -0.139. The molecule has 0 radical (unpaired) electrons. The quantitative estimate of drug-likeness (QED) is 0.626. The second kappa shape index (κ2) is 5.21. The summed E-state index contributed by atoms with van der Waals surface area (Å²) in [5.41, 5.74) is 0. The fraction of sp³-hybridized carbons (Fsp3) is 0.875. The van der Waals surface area contributed by atoms with Crippen molar-refractivity contribution < 1.29 is 17.9 Å². The highest BCUT2D eigenvalue weighted by molar-refractivity contribution is 7.92. The molecule has 0 heterocycles. The van der Waals surface area contributed by atoms with Crippen LogP contribution in [0, 0.1) is 0 Å². The summed E-state index contributed by atoms with van der Waals surface area (Å²) in [5, 5.41) is -0.475. The van der Waals surface area contributed by atoms with Crippen LogP contribution in [0.2, 0.25) is 0 Å². The molecule has 1 atom stereocenters. The third kappa shape index (κ3) is 4.26. The summed E-state index contributed by atoms with van der Waals surface area (Å²) in [5.74, 6) is -1.17. The van der Waals surface area contributed by atoms with E-state index in [9.17, 15) is 13.2 Å². The van der Waals surface area contributed by atoms with Gasteiger partial charge in [0, 0.05) is 0 Å². The number of hydrogen-bond acceptors (Lipinski definition) is 4. The Labute approximate surface area is 79.2 Å². The highest BCUT2D eigenvalue weighted by Gasteiger charge is 2.23. The van der Waals surface area contributed by atoms with Gasteiger partial charge < -0.3 is 4.74 Å². The Balaban J connectivity index is 4.26. The van der Waals surface area contributed by atoms with Crippen LogP contribution in [-0.2, 0) is 19.4 Å². The molecular formula is C8H16O4S. The van der Waals surface area contributed by atoms with Crippen molar-refractivity contribution in [1.82, 2.24) is 0 Å². The van der Waals surface area contributed by atoms with Crippen LogP contribution < -0.4 is 0 Å². The molecule has 5 heteroatoms. The minimum Gasteiger partial charge on any atom is -0.465 e. The Morgan fingerprint density at radius 3 is 2.31 bits per heavy atom. The Kier molecular flexibility index (Phi) is 4.98. The molecule has 0 N–H and O–H groups in total. The maximum absolute atomic E-state index is 11.3. The van der Waals surface area contributed by atoms with Gasteiger partial charge >= 0.3 is 5.97 Å². The first kappa shape index (κ1) is 12.4. The number of carbonyl (C=O) groups is 1. The molecule has 0 rings (SSSR count). The van der Waals surface area contributed by atoms with Crippen molar-refractivity contribution in [3.05, 3.63) is 0 Å². The Morgan fingerprint density at radius 2 is 1.92 bits per heavy atom. The topological polar surface area (TPSA) is 60.4 Å². The Hall–Kier alpha value is -0.580. The molecule has 0 amide bonds. The lowest BCUT2D eigenvalue weighted by Crippen LogP contribution is -2.26. The number of hydrogen-bond donors (Lipinski definition) is 0. The van der Waals surface area contributed by atoms with Gasteiger partial charge in [-0.05, 0) is 20.3 Å². The Bertz CT molecular complexity index is 255. The molecule has 4 nitrogen and oxygen atoms in total. The zero-order valence-electron chi connectivity index (χ0n) is 8.24. The number of esters is 1. The van der Waals surface area contributed by atoms with Gasteiger partial charge in [-0.3, -0.25) is 4.79 Å². The van der Waals surface area contributed by atoms with E-state index in [0.29, 0.717) is 6.42 Å². The summed E-state index contributed by atoms with van der Waals surface area (Å²) in [6.07, 6.45) is 0.516. The normalized spacial score (nSPS) is 13.8. The van der Waals surface area contributed by atoms with Crippen LogP contribution in [0.3, 0.4) is 0 Å². The van der Waals surface area contributed by atoms with Gasteiger partial charge in [0.15, 0.2) is 9.84 Å². The Morgan fingerprint density at radius 1 is 1.38 bits per heavy atom. The van der Waals surface area contributed by atoms with Gasteiger partial charge in [-0.2, -0.15) is 0 Å². The van der Waals surface area contributed by atoms with Crippen molar-refractivity contribution >= 4 is 15.8 Å². The molecule has 0 aromatic rings. The SMILES string of the molecule is CCOC(=O)CS(=O)(=O)C(C)CC. The third-order valence-corrected chi connectivity index (χ3v) is 4.01. The van der Waals surface area contributed by atoms with Crippen LogP contribution in [0.15, 0.2) is 0 Å². The lowest BCUT2D eigenvalue weighted by Gasteiger charge is -2.09. The first-order chi connectivity index (χ1) is 5.94. The van der Waals surface area contributed by atoms with Crippen molar-refractivity contribution in [2.45, 2.75) is 32.4 Å². The second-order valence-corrected chi connectivity index (χ2v) is 5.25. The maximum atomic E-state index is 11.3. The van der Waals surface area contributed by atoms with E-state index in [1.165, 1.54) is 0 Å². The van der Waals surface area contributed by atoms with Crippen LogP contribution in [0.5, 0.6) is 0 Å². The minimum absolute atomic E-state index is 0.217. The fourth-order valence-corrected chi connectivity index (χ4v) is 1.97. The maximum Gasteiger partial charge on any atom is 0.321 e. The minimum atomic E-state index is -3.31. The summed E-state index contributed by atoms with van der Waals surface area (Å²) in [6.45, 7) is 5.23. The van der Waals surface area contributed by atoms with Crippen molar-refractivity contribution in [2.24, 2.45) is 0 Å². The fourth-order valence-electron chi connectivity index (χ4n) is 0.763. The highest BCUT2D eigenvalue weighted by atomic mass is 32.2. The number of rotatable bonds is 5. The molecule has 0 aromatic carbocycles. The second-order valence-electron chi connectivity index (χ2n) is 2.83. The summed E-state index contributed by atoms with van der Waals surface area (Å²) in [7, 11) is -3.31. The van der Waals surface area contributed by atoms with Gasteiger partial charge in [-0.25, -0.2) is 8.42 Å². The molecule has 0 saturated carbocycles. The van der Waals surface area contributed by atoms with Crippen molar-refractivity contribution in [3.8, 4) is 0 Å². The molecule has 0 aromatic heterocycles. The molecule has 0 aliphatic carbocycles. The van der Waals surface area contributed by atoms with Crippen molar-refractivity contribution in [2.75, 3.05) is 12.4 Å². The van der Waals surface area contributed by atoms with E-state index in [1.807, 2.05) is 0 Å². The van der Waals surface area contributed by atoms with E-state index in [-0.39, 0.29) is 6.61 Å². The summed E-state index contributed by atoms with van der Waals surface area (Å²) >= 11 is 0. The molecule has 0 aliphatic heterocycles. The van der Waals surface area contributed by atoms with Crippen molar-refractivity contribution in [1.29, 1.82) is 0 Å². The van der Waals surface area contributed by atoms with Crippen LogP contribution in [0.1, 0.15) is 27.2 Å². The van der Waals surface area contributed by atoms with Gasteiger partial charge in [0.05, 0.1) is 11.9 Å². The van der Waals surface area contributed by atoms with E-state index >= 15 is 0 Å². The molecule has 0 spiro atoms. The number of carbonyl (C=O) groups excluding carboxylic acids is 1. The predicted molar refractivity (Wildman–Crippen MR) is 50.2 cm³/mol. The zero-order chi connectivity index (χ0) is 10.5. The molecule has 0 fully saturated rings. The predicted octanol–water partition coefficient (Wildman–Crippen LogP) is 0.763. The molecule has 1 unspecified atom stereocenters. The largest absolute Gasteiger partial charge is 0.465 e. The lowest BCUT2D eigenvalue weighted by atomic mass is 10.4. The number of ether oxygens (including phenoxy) is 1. The van der Waals surface area contributed by atoms with Gasteiger partial charge in [0.25, 0.3) is 0 Å². The molecule has 13 heavy (non-hydrogen) atoms. The molecule has 0 aliphatic rings. The van der Waals surface area contributed by atoms with Gasteiger partial charge in [0.1, 0.15) is 5.75 Å². The van der Waals surface area contributed by atoms with Crippen molar-refractivity contribution in [3.63, 3.8) is 0 Å². The summed E-state index contributed by atoms with van der Waals surface area (Å²) < 4.78 is 27.2. The van der Waals surface area contributed by atoms with Crippen LogP contribution in [-0.4, -0.2) is 32.0 Å². The monoisotopic (exact) mass is 208 g/mol. The van der Waals surface area contributed by atoms with Crippen LogP contribution >= 0.6 is 0 Å². The first-order valence-corrected chi connectivity index (χ1v) is 6.02. The van der Waals surface area contributed by atoms with E-state index < -0.39 is 26.8 Å². The standard InChI is InChI=1S/C8H16O4S/c1-4-7(3)13(10,11)6-8(9)12-5-2/h7H,4-6H2,1-3H3. The molecular weight excluding hydrogens is 192 g/mol. The van der Waals surface area contributed by atoms with E-state index in [4.69, 9.17) is 0 Å². The molecule has 0 bridgehead atoms. The van der Waals surface area contributed by atoms with E-state index in [2.05, 4.69) is 4.74 Å². The third-order valence-electron chi connectivity index (χ3n) is 1.81. The van der Waals surface area contributed by atoms with Gasteiger partial charge in [-0.15, -0.1) is 0 Å². The zero-order valence-corrected chi connectivity index (χ0v) is 9.06. The van der Waals surface area contributed by atoms with Crippen LogP contribution in [0.25, 0.3) is 0 Å². The van der Waals surface area contributed by atoms with Crippen LogP contribution in [0.4, 0.5) is 0 Å².